The lowest BCUT2D eigenvalue weighted by atomic mass is 10.2. The third kappa shape index (κ3) is 3.00. The van der Waals surface area contributed by atoms with E-state index in [-0.39, 0.29) is 23.4 Å². The van der Waals surface area contributed by atoms with E-state index < -0.39 is 5.97 Å². The summed E-state index contributed by atoms with van der Waals surface area (Å²) in [4.78, 5) is 24.5. The summed E-state index contributed by atoms with van der Waals surface area (Å²) in [5.41, 5.74) is 0.0741. The number of aromatic carboxylic acids is 1. The van der Waals surface area contributed by atoms with Gasteiger partial charge in [0.2, 0.25) is 0 Å². The number of hydrogen-bond acceptors (Lipinski definition) is 4. The number of urea groups is 1. The minimum Gasteiger partial charge on any atom is -0.507 e. The molecule has 0 saturated carbocycles. The summed E-state index contributed by atoms with van der Waals surface area (Å²) in [6.07, 6.45) is 0.815. The number of phenols is 1. The van der Waals surface area contributed by atoms with Crippen LogP contribution in [0.15, 0.2) is 18.2 Å². The number of carboxylic acid groups (broad SMARTS) is 1. The number of carboxylic acids is 1. The molecule has 2 amide bonds. The molecule has 1 aliphatic rings. The molecule has 0 bridgehead atoms. The highest BCUT2D eigenvalue weighted by atomic mass is 16.5. The van der Waals surface area contributed by atoms with E-state index >= 15 is 0 Å². The molecule has 20 heavy (non-hydrogen) atoms. The predicted molar refractivity (Wildman–Crippen MR) is 71.1 cm³/mol. The van der Waals surface area contributed by atoms with Crippen molar-refractivity contribution in [3.63, 3.8) is 0 Å². The number of methoxy groups -OCH3 is 1. The van der Waals surface area contributed by atoms with Gasteiger partial charge in [-0.2, -0.15) is 0 Å². The number of nitrogens with zero attached hydrogens (tertiary/aromatic N) is 1. The first-order valence-electron chi connectivity index (χ1n) is 6.16. The Balaban J connectivity index is 2.05. The molecule has 1 aromatic rings. The summed E-state index contributed by atoms with van der Waals surface area (Å²) in [6.45, 7) is 1.10. The van der Waals surface area contributed by atoms with Crippen LogP contribution in [0.4, 0.5) is 10.5 Å². The fourth-order valence-corrected chi connectivity index (χ4v) is 2.09. The largest absolute Gasteiger partial charge is 0.507 e. The molecule has 1 fully saturated rings. The van der Waals surface area contributed by atoms with Gasteiger partial charge in [-0.1, -0.05) is 0 Å². The molecular formula is C13H16N2O5. The number of anilines is 1. The van der Waals surface area contributed by atoms with Crippen molar-refractivity contribution in [2.24, 2.45) is 0 Å². The van der Waals surface area contributed by atoms with E-state index in [4.69, 9.17) is 9.84 Å². The van der Waals surface area contributed by atoms with Crippen LogP contribution in [0.3, 0.4) is 0 Å². The normalized spacial score (nSPS) is 18.1. The maximum absolute atomic E-state index is 12.0. The topological polar surface area (TPSA) is 99.1 Å². The molecule has 0 aliphatic carbocycles. The molecule has 0 spiro atoms. The number of carbonyl (C=O) groups excluding carboxylic acids is 1. The number of rotatable bonds is 3. The van der Waals surface area contributed by atoms with E-state index in [1.807, 2.05) is 0 Å². The van der Waals surface area contributed by atoms with Crippen LogP contribution in [0.2, 0.25) is 0 Å². The fraction of sp³-hybridized carbons (Fsp3) is 0.385. The number of likely N-dealkylation sites (tertiary alicyclic amines) is 1. The Hall–Kier alpha value is -2.28. The Bertz CT molecular complexity index is 531. The molecule has 0 radical (unpaired) electrons. The highest BCUT2D eigenvalue weighted by molar-refractivity contribution is 5.95. The highest BCUT2D eigenvalue weighted by Crippen LogP contribution is 2.22. The predicted octanol–water partition coefficient (Wildman–Crippen LogP) is 1.34. The second-order valence-electron chi connectivity index (χ2n) is 4.56. The van der Waals surface area contributed by atoms with E-state index in [0.29, 0.717) is 18.8 Å². The summed E-state index contributed by atoms with van der Waals surface area (Å²) in [5.74, 6) is -1.59. The van der Waals surface area contributed by atoms with Gasteiger partial charge in [0.1, 0.15) is 11.3 Å². The van der Waals surface area contributed by atoms with Crippen molar-refractivity contribution in [3.8, 4) is 5.75 Å². The van der Waals surface area contributed by atoms with Crippen LogP contribution in [0.1, 0.15) is 16.8 Å². The zero-order chi connectivity index (χ0) is 14.7. The van der Waals surface area contributed by atoms with Crippen molar-refractivity contribution in [1.29, 1.82) is 0 Å². The summed E-state index contributed by atoms with van der Waals surface area (Å²) < 4.78 is 5.18. The van der Waals surface area contributed by atoms with Crippen LogP contribution in [-0.2, 0) is 4.74 Å². The minimum atomic E-state index is -1.25. The maximum Gasteiger partial charge on any atom is 0.339 e. The van der Waals surface area contributed by atoms with Gasteiger partial charge in [-0.3, -0.25) is 0 Å². The Morgan fingerprint density at radius 1 is 1.45 bits per heavy atom. The second kappa shape index (κ2) is 5.79. The number of ether oxygens (including phenoxy) is 1. The molecule has 7 heteroatoms. The van der Waals surface area contributed by atoms with Crippen molar-refractivity contribution in [2.45, 2.75) is 12.5 Å². The maximum atomic E-state index is 12.0. The Morgan fingerprint density at radius 3 is 2.80 bits per heavy atom. The number of hydrogen-bond donors (Lipinski definition) is 3. The van der Waals surface area contributed by atoms with E-state index in [1.54, 1.807) is 12.0 Å². The van der Waals surface area contributed by atoms with Crippen molar-refractivity contribution in [3.05, 3.63) is 23.8 Å². The highest BCUT2D eigenvalue weighted by Gasteiger charge is 2.26. The fourth-order valence-electron chi connectivity index (χ4n) is 2.09. The van der Waals surface area contributed by atoms with E-state index in [9.17, 15) is 14.7 Å². The average Bonchev–Trinajstić information content (AvgIpc) is 2.89. The lowest BCUT2D eigenvalue weighted by Gasteiger charge is -2.17. The molecule has 1 aliphatic heterocycles. The van der Waals surface area contributed by atoms with Crippen LogP contribution in [0.25, 0.3) is 0 Å². The molecular weight excluding hydrogens is 264 g/mol. The van der Waals surface area contributed by atoms with Gasteiger partial charge in [0, 0.05) is 25.9 Å². The van der Waals surface area contributed by atoms with Gasteiger partial charge in [-0.25, -0.2) is 9.59 Å². The average molecular weight is 280 g/mol. The monoisotopic (exact) mass is 280 g/mol. The molecule has 1 aromatic carbocycles. The van der Waals surface area contributed by atoms with Gasteiger partial charge < -0.3 is 25.2 Å². The Kier molecular flexibility index (Phi) is 4.09. The second-order valence-corrected chi connectivity index (χ2v) is 4.56. The number of aromatic hydroxyl groups is 1. The molecule has 1 atom stereocenters. The van der Waals surface area contributed by atoms with Gasteiger partial charge in [0.05, 0.1) is 6.10 Å². The van der Waals surface area contributed by atoms with Crippen molar-refractivity contribution >= 4 is 17.7 Å². The molecule has 1 unspecified atom stereocenters. The molecule has 3 N–H and O–H groups in total. The molecule has 0 aromatic heterocycles. The Labute approximate surface area is 115 Å². The molecule has 108 valence electrons. The lowest BCUT2D eigenvalue weighted by Crippen LogP contribution is -2.33. The number of amides is 2. The van der Waals surface area contributed by atoms with Crippen LogP contribution < -0.4 is 5.32 Å². The van der Waals surface area contributed by atoms with E-state index in [1.165, 1.54) is 18.2 Å². The number of carbonyl (C=O) groups is 2. The van der Waals surface area contributed by atoms with Crippen LogP contribution >= 0.6 is 0 Å². The summed E-state index contributed by atoms with van der Waals surface area (Å²) in [5, 5.41) is 20.9. The van der Waals surface area contributed by atoms with Crippen LogP contribution in [-0.4, -0.2) is 53.4 Å². The Morgan fingerprint density at radius 2 is 2.20 bits per heavy atom. The third-order valence-corrected chi connectivity index (χ3v) is 3.24. The van der Waals surface area contributed by atoms with Crippen molar-refractivity contribution in [1.82, 2.24) is 4.90 Å². The number of nitrogens with one attached hydrogen (secondary N) is 1. The SMILES string of the molecule is COC1CCN(C(=O)Nc2ccc(O)c(C(=O)O)c2)C1. The van der Waals surface area contributed by atoms with Gasteiger partial charge in [0.15, 0.2) is 0 Å². The first-order chi connectivity index (χ1) is 9.51. The molecule has 2 rings (SSSR count). The van der Waals surface area contributed by atoms with Crippen LogP contribution in [0.5, 0.6) is 5.75 Å². The summed E-state index contributed by atoms with van der Waals surface area (Å²) in [7, 11) is 1.60. The zero-order valence-corrected chi connectivity index (χ0v) is 11.0. The van der Waals surface area contributed by atoms with Crippen LogP contribution in [0, 0.1) is 0 Å². The summed E-state index contributed by atoms with van der Waals surface area (Å²) in [6, 6.07) is 3.59. The smallest absolute Gasteiger partial charge is 0.339 e. The van der Waals surface area contributed by atoms with E-state index in [0.717, 1.165) is 6.42 Å². The lowest BCUT2D eigenvalue weighted by molar-refractivity contribution is 0.0693. The van der Waals surface area contributed by atoms with Crippen molar-refractivity contribution in [2.75, 3.05) is 25.5 Å². The quantitative estimate of drug-likeness (QED) is 0.726. The standard InChI is InChI=1S/C13H16N2O5/c1-20-9-4-5-15(7-9)13(19)14-8-2-3-11(16)10(6-8)12(17)18/h2-3,6,9,16H,4-5,7H2,1H3,(H,14,19)(H,17,18). The van der Waals surface area contributed by atoms with Gasteiger partial charge >= 0.3 is 12.0 Å². The first-order valence-corrected chi connectivity index (χ1v) is 6.16. The van der Waals surface area contributed by atoms with Gasteiger partial charge in [-0.15, -0.1) is 0 Å². The zero-order valence-electron chi connectivity index (χ0n) is 11.0. The molecule has 7 nitrogen and oxygen atoms in total. The number of benzene rings is 1. The first kappa shape index (κ1) is 14.1. The third-order valence-electron chi connectivity index (χ3n) is 3.24. The van der Waals surface area contributed by atoms with Gasteiger partial charge in [-0.05, 0) is 24.6 Å². The molecule has 1 heterocycles. The summed E-state index contributed by atoms with van der Waals surface area (Å²) >= 11 is 0. The molecule has 1 saturated heterocycles. The van der Waals surface area contributed by atoms with Crippen molar-refractivity contribution < 1.29 is 24.5 Å². The minimum absolute atomic E-state index is 0.0372. The van der Waals surface area contributed by atoms with Gasteiger partial charge in [0.25, 0.3) is 0 Å². The van der Waals surface area contributed by atoms with E-state index in [2.05, 4.69) is 5.32 Å².